The number of hydrogen-bond acceptors (Lipinski definition) is 4. The Kier molecular flexibility index (Phi) is 5.45. The van der Waals surface area contributed by atoms with Crippen LogP contribution < -0.4 is 20.2 Å². The van der Waals surface area contributed by atoms with E-state index in [1.807, 2.05) is 38.2 Å². The van der Waals surface area contributed by atoms with Gasteiger partial charge in [-0.05, 0) is 31.2 Å². The first-order valence-corrected chi connectivity index (χ1v) is 8.66. The zero-order valence-corrected chi connectivity index (χ0v) is 15.6. The second-order valence-corrected chi connectivity index (χ2v) is 6.34. The number of amides is 1. The normalized spacial score (nSPS) is 11.8. The molecule has 1 amide bonds. The largest absolute Gasteiger partial charge is 0.493 e. The summed E-state index contributed by atoms with van der Waals surface area (Å²) in [5.74, 6) is 0.805. The second-order valence-electron chi connectivity index (χ2n) is 6.34. The number of benzene rings is 2. The van der Waals surface area contributed by atoms with Crippen LogP contribution in [0, 0.1) is 0 Å². The molecular weight excluding hydrogens is 344 g/mol. The SMILES string of the molecule is COc1ccccc1OC[C@H](C)NC(=O)c1cn(C)c2ccccc2c1=O. The molecule has 6 nitrogen and oxygen atoms in total. The van der Waals surface area contributed by atoms with Crippen LogP contribution in [-0.4, -0.2) is 30.2 Å². The molecule has 0 bridgehead atoms. The number of rotatable bonds is 6. The maximum Gasteiger partial charge on any atom is 0.257 e. The van der Waals surface area contributed by atoms with Gasteiger partial charge in [-0.1, -0.05) is 24.3 Å². The molecule has 1 aromatic heterocycles. The van der Waals surface area contributed by atoms with Crippen LogP contribution in [0.4, 0.5) is 0 Å². The van der Waals surface area contributed by atoms with Crippen molar-refractivity contribution in [2.45, 2.75) is 13.0 Å². The molecule has 0 saturated heterocycles. The summed E-state index contributed by atoms with van der Waals surface area (Å²) < 4.78 is 12.7. The fourth-order valence-electron chi connectivity index (χ4n) is 2.90. The van der Waals surface area contributed by atoms with Crippen molar-refractivity contribution in [3.05, 3.63) is 70.5 Å². The van der Waals surface area contributed by atoms with Crippen molar-refractivity contribution in [3.8, 4) is 11.5 Å². The number of methoxy groups -OCH3 is 1. The highest BCUT2D eigenvalue weighted by Gasteiger charge is 2.17. The number of carbonyl (C=O) groups excluding carboxylic acids is 1. The summed E-state index contributed by atoms with van der Waals surface area (Å²) in [5.41, 5.74) is 0.617. The highest BCUT2D eigenvalue weighted by Crippen LogP contribution is 2.25. The van der Waals surface area contributed by atoms with E-state index in [-0.39, 0.29) is 23.6 Å². The lowest BCUT2D eigenvalue weighted by atomic mass is 10.1. The maximum absolute atomic E-state index is 12.6. The Morgan fingerprint density at radius 1 is 1.11 bits per heavy atom. The molecule has 0 aliphatic carbocycles. The Balaban J connectivity index is 1.73. The molecule has 3 rings (SSSR count). The number of ether oxygens (including phenoxy) is 2. The maximum atomic E-state index is 12.6. The number of nitrogens with zero attached hydrogens (tertiary/aromatic N) is 1. The standard InChI is InChI=1S/C21H22N2O4/c1-14(13-27-19-11-7-6-10-18(19)26-3)22-21(25)16-12-23(2)17-9-5-4-8-15(17)20(16)24/h4-12,14H,13H2,1-3H3,(H,22,25)/t14-/m0/s1. The van der Waals surface area contributed by atoms with Crippen molar-refractivity contribution in [1.29, 1.82) is 0 Å². The molecule has 0 radical (unpaired) electrons. The van der Waals surface area contributed by atoms with Crippen LogP contribution in [0.1, 0.15) is 17.3 Å². The van der Waals surface area contributed by atoms with Crippen LogP contribution in [0.15, 0.2) is 59.5 Å². The van der Waals surface area contributed by atoms with Crippen molar-refractivity contribution in [1.82, 2.24) is 9.88 Å². The molecule has 1 N–H and O–H groups in total. The van der Waals surface area contributed by atoms with E-state index in [4.69, 9.17) is 9.47 Å². The van der Waals surface area contributed by atoms with Crippen molar-refractivity contribution in [2.75, 3.05) is 13.7 Å². The Labute approximate surface area is 157 Å². The summed E-state index contributed by atoms with van der Waals surface area (Å²) >= 11 is 0. The second kappa shape index (κ2) is 7.95. The van der Waals surface area contributed by atoms with E-state index in [1.54, 1.807) is 42.1 Å². The summed E-state index contributed by atoms with van der Waals surface area (Å²) in [7, 11) is 3.38. The molecule has 27 heavy (non-hydrogen) atoms. The van der Waals surface area contributed by atoms with Gasteiger partial charge in [-0.2, -0.15) is 0 Å². The van der Waals surface area contributed by atoms with Gasteiger partial charge >= 0.3 is 0 Å². The highest BCUT2D eigenvalue weighted by atomic mass is 16.5. The van der Waals surface area contributed by atoms with Crippen molar-refractivity contribution < 1.29 is 14.3 Å². The monoisotopic (exact) mass is 366 g/mol. The average Bonchev–Trinajstić information content (AvgIpc) is 2.69. The predicted octanol–water partition coefficient (Wildman–Crippen LogP) is 2.74. The predicted molar refractivity (Wildman–Crippen MR) is 105 cm³/mol. The van der Waals surface area contributed by atoms with Gasteiger partial charge in [-0.15, -0.1) is 0 Å². The number of para-hydroxylation sites is 3. The number of aromatic nitrogens is 1. The molecule has 1 atom stereocenters. The molecule has 2 aromatic carbocycles. The van der Waals surface area contributed by atoms with E-state index < -0.39 is 5.91 Å². The van der Waals surface area contributed by atoms with Crippen LogP contribution >= 0.6 is 0 Å². The molecule has 0 unspecified atom stereocenters. The number of carbonyl (C=O) groups is 1. The third-order valence-corrected chi connectivity index (χ3v) is 4.28. The van der Waals surface area contributed by atoms with Gasteiger partial charge in [0.15, 0.2) is 11.5 Å². The molecule has 140 valence electrons. The van der Waals surface area contributed by atoms with Gasteiger partial charge in [0, 0.05) is 18.6 Å². The van der Waals surface area contributed by atoms with E-state index in [2.05, 4.69) is 5.32 Å². The molecule has 0 spiro atoms. The lowest BCUT2D eigenvalue weighted by molar-refractivity contribution is 0.0924. The van der Waals surface area contributed by atoms with Gasteiger partial charge in [0.1, 0.15) is 12.2 Å². The molecule has 0 aliphatic heterocycles. The van der Waals surface area contributed by atoms with E-state index >= 15 is 0 Å². The summed E-state index contributed by atoms with van der Waals surface area (Å²) in [4.78, 5) is 25.2. The fraction of sp³-hybridized carbons (Fsp3) is 0.238. The average molecular weight is 366 g/mol. The van der Waals surface area contributed by atoms with E-state index in [0.29, 0.717) is 16.9 Å². The van der Waals surface area contributed by atoms with Crippen LogP contribution in [0.5, 0.6) is 11.5 Å². The Bertz CT molecular complexity index is 1030. The summed E-state index contributed by atoms with van der Waals surface area (Å²) in [6.07, 6.45) is 1.56. The topological polar surface area (TPSA) is 69.6 Å². The number of nitrogens with one attached hydrogen (secondary N) is 1. The summed E-state index contributed by atoms with van der Waals surface area (Å²) in [5, 5.41) is 3.34. The van der Waals surface area contributed by atoms with Gasteiger partial charge in [-0.25, -0.2) is 0 Å². The van der Waals surface area contributed by atoms with Crippen molar-refractivity contribution in [3.63, 3.8) is 0 Å². The van der Waals surface area contributed by atoms with E-state index in [0.717, 1.165) is 5.52 Å². The number of aryl methyl sites for hydroxylation is 1. The molecule has 3 aromatic rings. The first-order chi connectivity index (χ1) is 13.0. The van der Waals surface area contributed by atoms with Gasteiger partial charge in [0.25, 0.3) is 5.91 Å². The minimum atomic E-state index is -0.419. The summed E-state index contributed by atoms with van der Waals surface area (Å²) in [6, 6.07) is 14.2. The van der Waals surface area contributed by atoms with Crippen molar-refractivity contribution >= 4 is 16.8 Å². The zero-order chi connectivity index (χ0) is 19.4. The van der Waals surface area contributed by atoms with E-state index in [1.165, 1.54) is 0 Å². The lowest BCUT2D eigenvalue weighted by Crippen LogP contribution is -2.39. The minimum absolute atomic E-state index is 0.111. The van der Waals surface area contributed by atoms with Crippen LogP contribution in [-0.2, 0) is 7.05 Å². The minimum Gasteiger partial charge on any atom is -0.493 e. The smallest absolute Gasteiger partial charge is 0.257 e. The zero-order valence-electron chi connectivity index (χ0n) is 15.6. The first-order valence-electron chi connectivity index (χ1n) is 8.66. The summed E-state index contributed by atoms with van der Waals surface area (Å²) in [6.45, 7) is 2.07. The third kappa shape index (κ3) is 3.95. The number of pyridine rings is 1. The molecular formula is C21H22N2O4. The lowest BCUT2D eigenvalue weighted by Gasteiger charge is -2.17. The Hall–Kier alpha value is -3.28. The molecule has 6 heteroatoms. The van der Waals surface area contributed by atoms with Gasteiger partial charge < -0.3 is 19.4 Å². The molecule has 0 aliphatic rings. The number of hydrogen-bond donors (Lipinski definition) is 1. The number of fused-ring (bicyclic) bond motifs is 1. The molecule has 1 heterocycles. The quantitative estimate of drug-likeness (QED) is 0.728. The Morgan fingerprint density at radius 3 is 2.52 bits per heavy atom. The van der Waals surface area contributed by atoms with Crippen LogP contribution in [0.3, 0.4) is 0 Å². The highest BCUT2D eigenvalue weighted by molar-refractivity contribution is 5.97. The van der Waals surface area contributed by atoms with Gasteiger partial charge in [0.05, 0.1) is 18.7 Å². The molecule has 0 saturated carbocycles. The Morgan fingerprint density at radius 2 is 1.78 bits per heavy atom. The third-order valence-electron chi connectivity index (χ3n) is 4.28. The fourth-order valence-corrected chi connectivity index (χ4v) is 2.90. The van der Waals surface area contributed by atoms with E-state index in [9.17, 15) is 9.59 Å². The first kappa shape index (κ1) is 18.5. The van der Waals surface area contributed by atoms with Crippen molar-refractivity contribution in [2.24, 2.45) is 7.05 Å². The van der Waals surface area contributed by atoms with Crippen LogP contribution in [0.2, 0.25) is 0 Å². The van der Waals surface area contributed by atoms with Gasteiger partial charge in [0.2, 0.25) is 5.43 Å². The molecule has 0 fully saturated rings. The van der Waals surface area contributed by atoms with Gasteiger partial charge in [-0.3, -0.25) is 9.59 Å². The van der Waals surface area contributed by atoms with Crippen LogP contribution in [0.25, 0.3) is 10.9 Å².